The average Bonchev–Trinajstić information content (AvgIpc) is 3.33. The number of carbonyl (C=O) groups is 1. The Kier molecular flexibility index (Phi) is 8.83. The van der Waals surface area contributed by atoms with Crippen LogP contribution in [0.2, 0.25) is 10.0 Å². The highest BCUT2D eigenvalue weighted by atomic mass is 35.5. The maximum absolute atomic E-state index is 12.3. The number of piperazine rings is 1. The number of hydrazine groups is 1. The van der Waals surface area contributed by atoms with Gasteiger partial charge in [0.25, 0.3) is 5.91 Å². The molecule has 2 saturated heterocycles. The van der Waals surface area contributed by atoms with Gasteiger partial charge in [-0.1, -0.05) is 41.4 Å². The fourth-order valence-electron chi connectivity index (χ4n) is 4.73. The highest BCUT2D eigenvalue weighted by Gasteiger charge is 2.40. The van der Waals surface area contributed by atoms with Gasteiger partial charge in [0.15, 0.2) is 5.79 Å². The highest BCUT2D eigenvalue weighted by Crippen LogP contribution is 2.38. The first-order chi connectivity index (χ1) is 19.3. The molecule has 2 aliphatic heterocycles. The Bertz CT molecular complexity index is 1360. The molecule has 8 nitrogen and oxygen atoms in total. The Balaban J connectivity index is 1.06. The van der Waals surface area contributed by atoms with E-state index in [9.17, 15) is 9.90 Å². The van der Waals surface area contributed by atoms with Crippen LogP contribution in [0.15, 0.2) is 72.8 Å². The van der Waals surface area contributed by atoms with Crippen LogP contribution in [0.3, 0.4) is 0 Å². The number of anilines is 1. The minimum absolute atomic E-state index is 0.166. The van der Waals surface area contributed by atoms with E-state index in [0.29, 0.717) is 36.3 Å². The molecule has 0 radical (unpaired) electrons. The van der Waals surface area contributed by atoms with Gasteiger partial charge in [-0.25, -0.2) is 5.01 Å². The van der Waals surface area contributed by atoms with Crippen LogP contribution in [0.5, 0.6) is 11.5 Å². The summed E-state index contributed by atoms with van der Waals surface area (Å²) in [6.45, 7) is 5.51. The summed E-state index contributed by atoms with van der Waals surface area (Å²) >= 11 is 12.4. The van der Waals surface area contributed by atoms with Crippen LogP contribution in [-0.2, 0) is 20.1 Å². The quantitative estimate of drug-likeness (QED) is 0.351. The number of hydrogen-bond donors (Lipinski definition) is 2. The van der Waals surface area contributed by atoms with Crippen molar-refractivity contribution in [3.8, 4) is 11.5 Å². The van der Waals surface area contributed by atoms with Crippen LogP contribution in [0, 0.1) is 0 Å². The predicted molar refractivity (Wildman–Crippen MR) is 156 cm³/mol. The summed E-state index contributed by atoms with van der Waals surface area (Å²) in [7, 11) is 0. The zero-order valence-corrected chi connectivity index (χ0v) is 23.6. The van der Waals surface area contributed by atoms with Gasteiger partial charge in [-0.05, 0) is 67.1 Å². The largest absolute Gasteiger partial charge is 0.508 e. The molecule has 2 N–H and O–H groups in total. The zero-order valence-electron chi connectivity index (χ0n) is 22.1. The minimum atomic E-state index is -0.955. The topological polar surface area (TPSA) is 83.5 Å². The molecule has 2 heterocycles. The summed E-state index contributed by atoms with van der Waals surface area (Å²) < 4.78 is 18.1. The molecule has 2 atom stereocenters. The Labute approximate surface area is 243 Å². The van der Waals surface area contributed by atoms with Gasteiger partial charge in [0.2, 0.25) is 0 Å². The van der Waals surface area contributed by atoms with E-state index in [4.69, 9.17) is 37.4 Å². The van der Waals surface area contributed by atoms with E-state index in [-0.39, 0.29) is 17.8 Å². The summed E-state index contributed by atoms with van der Waals surface area (Å²) in [4.78, 5) is 14.6. The molecule has 3 aromatic carbocycles. The van der Waals surface area contributed by atoms with Gasteiger partial charge in [-0.3, -0.25) is 10.2 Å². The third-order valence-corrected chi connectivity index (χ3v) is 7.39. The second-order valence-electron chi connectivity index (χ2n) is 9.80. The van der Waals surface area contributed by atoms with Crippen molar-refractivity contribution in [3.63, 3.8) is 0 Å². The van der Waals surface area contributed by atoms with Crippen molar-refractivity contribution in [3.05, 3.63) is 94.0 Å². The first kappa shape index (κ1) is 28.3. The lowest BCUT2D eigenvalue weighted by Crippen LogP contribution is -2.53. The minimum Gasteiger partial charge on any atom is -0.508 e. The van der Waals surface area contributed by atoms with Crippen molar-refractivity contribution in [2.24, 2.45) is 0 Å². The molecule has 5 rings (SSSR count). The standard InChI is InChI=1S/C30H31Cl2N3O5/c1-30(27-11-6-22(31)18-28(27)32)39-20-26(40-30)19-38-25-9-7-23(8-10-25)34-13-15-35(16-14-34)33-29(37)12-5-21-3-2-4-24(36)17-21/h2-12,17-18,26,36H,13-16,19-20H2,1H3,(H,33,37)/b12-5+/t26-,30+/m1/s1. The number of carbonyl (C=O) groups excluding carboxylic acids is 1. The number of rotatable bonds is 8. The van der Waals surface area contributed by atoms with Gasteiger partial charge >= 0.3 is 0 Å². The molecule has 2 fully saturated rings. The van der Waals surface area contributed by atoms with Crippen LogP contribution in [0.4, 0.5) is 5.69 Å². The molecule has 0 bridgehead atoms. The normalized spacial score (nSPS) is 21.6. The second-order valence-corrected chi connectivity index (χ2v) is 10.6. The van der Waals surface area contributed by atoms with Crippen molar-refractivity contribution < 1.29 is 24.1 Å². The number of hydrogen-bond acceptors (Lipinski definition) is 7. The summed E-state index contributed by atoms with van der Waals surface area (Å²) in [5.41, 5.74) is 5.50. The predicted octanol–water partition coefficient (Wildman–Crippen LogP) is 5.23. The third-order valence-electron chi connectivity index (χ3n) is 6.84. The average molecular weight is 585 g/mol. The number of amides is 1. The number of ether oxygens (including phenoxy) is 3. The number of halogens is 2. The van der Waals surface area contributed by atoms with Crippen LogP contribution in [-0.4, -0.2) is 61.5 Å². The molecule has 1 amide bonds. The molecule has 10 heteroatoms. The van der Waals surface area contributed by atoms with E-state index >= 15 is 0 Å². The molecular weight excluding hydrogens is 553 g/mol. The van der Waals surface area contributed by atoms with Crippen molar-refractivity contribution >= 4 is 40.9 Å². The first-order valence-corrected chi connectivity index (χ1v) is 13.8. The monoisotopic (exact) mass is 583 g/mol. The summed E-state index contributed by atoms with van der Waals surface area (Å²) in [6.07, 6.45) is 2.90. The van der Waals surface area contributed by atoms with Gasteiger partial charge < -0.3 is 24.2 Å². The van der Waals surface area contributed by atoms with Crippen LogP contribution in [0.25, 0.3) is 6.08 Å². The lowest BCUT2D eigenvalue weighted by molar-refractivity contribution is -0.164. The zero-order chi connectivity index (χ0) is 28.1. The number of nitrogens with one attached hydrogen (secondary N) is 1. The van der Waals surface area contributed by atoms with Crippen molar-refractivity contribution in [2.75, 3.05) is 44.3 Å². The number of phenols is 1. The first-order valence-electron chi connectivity index (χ1n) is 13.1. The maximum Gasteiger partial charge on any atom is 0.258 e. The molecule has 0 unspecified atom stereocenters. The fraction of sp³-hybridized carbons (Fsp3) is 0.300. The molecular formula is C30H31Cl2N3O5. The highest BCUT2D eigenvalue weighted by molar-refractivity contribution is 6.35. The van der Waals surface area contributed by atoms with E-state index in [1.807, 2.05) is 48.3 Å². The van der Waals surface area contributed by atoms with Crippen molar-refractivity contribution in [1.29, 1.82) is 0 Å². The Morgan fingerprint density at radius 2 is 1.88 bits per heavy atom. The number of benzene rings is 3. The second kappa shape index (κ2) is 12.5. The van der Waals surface area contributed by atoms with Crippen molar-refractivity contribution in [1.82, 2.24) is 10.4 Å². The van der Waals surface area contributed by atoms with E-state index in [1.165, 1.54) is 6.08 Å². The molecule has 0 aromatic heterocycles. The smallest absolute Gasteiger partial charge is 0.258 e. The molecule has 2 aliphatic rings. The van der Waals surface area contributed by atoms with Gasteiger partial charge in [0, 0.05) is 48.5 Å². The van der Waals surface area contributed by atoms with Crippen LogP contribution >= 0.6 is 23.2 Å². The Hall–Kier alpha value is -3.27. The van der Waals surface area contributed by atoms with E-state index in [2.05, 4.69) is 10.3 Å². The lowest BCUT2D eigenvalue weighted by atomic mass is 10.1. The van der Waals surface area contributed by atoms with E-state index < -0.39 is 5.79 Å². The lowest BCUT2D eigenvalue weighted by Gasteiger charge is -2.35. The summed E-state index contributed by atoms with van der Waals surface area (Å²) in [5.74, 6) is -0.246. The molecule has 0 saturated carbocycles. The maximum atomic E-state index is 12.3. The number of nitrogens with zero attached hydrogens (tertiary/aromatic N) is 2. The summed E-state index contributed by atoms with van der Waals surface area (Å²) in [6, 6.07) is 20.0. The number of aromatic hydroxyl groups is 1. The SMILES string of the molecule is C[C@]1(c2ccc(Cl)cc2Cl)OC[C@@H](COc2ccc(N3CCN(NC(=O)/C=C/c4cccc(O)c4)CC3)cc2)O1. The third kappa shape index (κ3) is 7.08. The van der Waals surface area contributed by atoms with Crippen LogP contribution < -0.4 is 15.1 Å². The van der Waals surface area contributed by atoms with E-state index in [0.717, 1.165) is 35.7 Å². The van der Waals surface area contributed by atoms with Crippen molar-refractivity contribution in [2.45, 2.75) is 18.8 Å². The Morgan fingerprint density at radius 1 is 1.10 bits per heavy atom. The summed E-state index contributed by atoms with van der Waals surface area (Å²) in [5, 5.41) is 12.5. The van der Waals surface area contributed by atoms with Gasteiger partial charge in [-0.2, -0.15) is 0 Å². The fourth-order valence-corrected chi connectivity index (χ4v) is 5.31. The van der Waals surface area contributed by atoms with Gasteiger partial charge in [-0.15, -0.1) is 0 Å². The van der Waals surface area contributed by atoms with Gasteiger partial charge in [0.1, 0.15) is 24.2 Å². The molecule has 3 aromatic rings. The van der Waals surface area contributed by atoms with E-state index in [1.54, 1.807) is 36.4 Å². The molecule has 0 aliphatic carbocycles. The molecule has 210 valence electrons. The Morgan fingerprint density at radius 3 is 2.60 bits per heavy atom. The van der Waals surface area contributed by atoms with Crippen LogP contribution in [0.1, 0.15) is 18.1 Å². The number of phenolic OH excluding ortho intramolecular Hbond substituents is 1. The van der Waals surface area contributed by atoms with Gasteiger partial charge in [0.05, 0.1) is 11.6 Å². The molecule has 0 spiro atoms. The molecule has 40 heavy (non-hydrogen) atoms.